The number of nitrogens with zero attached hydrogens (tertiary/aromatic N) is 3. The van der Waals surface area contributed by atoms with Crippen molar-refractivity contribution in [2.24, 2.45) is 10.8 Å². The van der Waals surface area contributed by atoms with Gasteiger partial charge in [-0.1, -0.05) is 41.0 Å². The van der Waals surface area contributed by atoms with Gasteiger partial charge in [-0.15, -0.1) is 11.3 Å². The molecule has 6 nitrogen and oxygen atoms in total. The Kier molecular flexibility index (Phi) is 9.52. The van der Waals surface area contributed by atoms with Crippen LogP contribution in [0.3, 0.4) is 0 Å². The smallest absolute Gasteiger partial charge is 0.206 e. The molecule has 4 aliphatic rings. The number of ether oxygens (including phenoxy) is 2. The Bertz CT molecular complexity index is 1290. The third-order valence-electron chi connectivity index (χ3n) is 8.35. The van der Waals surface area contributed by atoms with E-state index in [4.69, 9.17) is 14.5 Å². The minimum absolute atomic E-state index is 0. The highest BCUT2D eigenvalue weighted by molar-refractivity contribution is 7.59. The Morgan fingerprint density at radius 1 is 0.923 bits per heavy atom. The second-order valence-electron chi connectivity index (χ2n) is 12.5. The first kappa shape index (κ1) is 30.1. The second kappa shape index (κ2) is 12.3. The van der Waals surface area contributed by atoms with Gasteiger partial charge in [-0.3, -0.25) is 4.79 Å². The van der Waals surface area contributed by atoms with Crippen molar-refractivity contribution in [1.82, 2.24) is 4.98 Å². The zero-order chi connectivity index (χ0) is 26.9. The molecule has 5 rings (SSSR count). The maximum atomic E-state index is 14.1. The van der Waals surface area contributed by atoms with Crippen LogP contribution in [0.5, 0.6) is 0 Å². The molecule has 1 aliphatic carbocycles. The quantitative estimate of drug-likeness (QED) is 0.295. The summed E-state index contributed by atoms with van der Waals surface area (Å²) in [5.74, 6) is 0. The number of aromatic nitrogens is 1. The van der Waals surface area contributed by atoms with Crippen LogP contribution in [0.25, 0.3) is 20.8 Å². The summed E-state index contributed by atoms with van der Waals surface area (Å²) in [4.78, 5) is 24.8. The number of hydrogen-bond acceptors (Lipinski definition) is 7. The lowest BCUT2D eigenvalue weighted by molar-refractivity contribution is 0.122. The van der Waals surface area contributed by atoms with Crippen LogP contribution in [0.2, 0.25) is 0 Å². The van der Waals surface area contributed by atoms with E-state index in [0.29, 0.717) is 18.6 Å². The first-order valence-electron chi connectivity index (χ1n) is 14.2. The summed E-state index contributed by atoms with van der Waals surface area (Å²) in [6.45, 7) is 17.7. The van der Waals surface area contributed by atoms with Gasteiger partial charge in [0.25, 0.3) is 0 Å². The minimum atomic E-state index is 0. The van der Waals surface area contributed by atoms with Gasteiger partial charge in [-0.2, -0.15) is 13.5 Å². The molecule has 0 saturated carbocycles. The van der Waals surface area contributed by atoms with Crippen molar-refractivity contribution in [2.75, 3.05) is 62.4 Å². The molecule has 0 radical (unpaired) electrons. The molecular formula is C31H45N3O3S2. The highest BCUT2D eigenvalue weighted by atomic mass is 32.1. The molecule has 2 saturated heterocycles. The van der Waals surface area contributed by atoms with Crippen LogP contribution in [-0.2, 0) is 15.9 Å². The fraction of sp³-hybridized carbons (Fsp3) is 0.613. The van der Waals surface area contributed by atoms with Crippen molar-refractivity contribution in [2.45, 2.75) is 60.3 Å². The van der Waals surface area contributed by atoms with Crippen LogP contribution in [-0.4, -0.2) is 57.6 Å². The third-order valence-corrected chi connectivity index (χ3v) is 9.50. The Balaban J connectivity index is 0.00000353. The van der Waals surface area contributed by atoms with Crippen molar-refractivity contribution in [3.8, 4) is 10.6 Å². The van der Waals surface area contributed by atoms with Gasteiger partial charge in [-0.05, 0) is 54.4 Å². The lowest BCUT2D eigenvalue weighted by Crippen LogP contribution is -2.39. The molecule has 39 heavy (non-hydrogen) atoms. The molecule has 0 spiro atoms. The lowest BCUT2D eigenvalue weighted by atomic mass is 9.71. The molecule has 0 N–H and O–H groups in total. The molecule has 8 heteroatoms. The second-order valence-corrected chi connectivity index (χ2v) is 13.5. The summed E-state index contributed by atoms with van der Waals surface area (Å²) in [7, 11) is 0. The monoisotopic (exact) mass is 571 g/mol. The largest absolute Gasteiger partial charge is 0.378 e. The van der Waals surface area contributed by atoms with E-state index in [2.05, 4.69) is 68.7 Å². The Morgan fingerprint density at radius 2 is 1.56 bits per heavy atom. The zero-order valence-electron chi connectivity index (χ0n) is 24.3. The van der Waals surface area contributed by atoms with E-state index < -0.39 is 0 Å². The van der Waals surface area contributed by atoms with Crippen molar-refractivity contribution in [3.63, 3.8) is 0 Å². The van der Waals surface area contributed by atoms with E-state index in [-0.39, 0.29) is 24.3 Å². The summed E-state index contributed by atoms with van der Waals surface area (Å²) in [5.41, 5.74) is 5.47. The Morgan fingerprint density at radius 3 is 2.21 bits per heavy atom. The molecule has 1 aromatic carbocycles. The van der Waals surface area contributed by atoms with Crippen LogP contribution in [0, 0.1) is 10.8 Å². The number of benzene rings is 2. The highest BCUT2D eigenvalue weighted by Crippen LogP contribution is 2.41. The molecule has 2 fully saturated rings. The third kappa shape index (κ3) is 6.89. The van der Waals surface area contributed by atoms with Crippen LogP contribution >= 0.6 is 24.8 Å². The van der Waals surface area contributed by atoms with Gasteiger partial charge in [0.15, 0.2) is 0 Å². The number of anilines is 2. The van der Waals surface area contributed by atoms with Gasteiger partial charge in [0.1, 0.15) is 5.69 Å². The lowest BCUT2D eigenvalue weighted by Gasteiger charge is -2.35. The van der Waals surface area contributed by atoms with Gasteiger partial charge < -0.3 is 19.3 Å². The SMILES string of the molecule is CCC(C)(C)CC(C)(C)CCc1cc2nc3ccc(N4CCOCC4)cc3sc-2c(N2CCOCC2)c1=O.S. The van der Waals surface area contributed by atoms with E-state index in [9.17, 15) is 4.79 Å². The molecule has 0 unspecified atom stereocenters. The molecular weight excluding hydrogens is 526 g/mol. The van der Waals surface area contributed by atoms with Gasteiger partial charge >= 0.3 is 0 Å². The molecule has 0 aromatic heterocycles. The number of morpholine rings is 2. The normalized spacial score (nSPS) is 17.1. The van der Waals surface area contributed by atoms with Gasteiger partial charge in [0.05, 0.1) is 47.2 Å². The number of fused-ring (bicyclic) bond motifs is 2. The number of rotatable bonds is 8. The van der Waals surface area contributed by atoms with E-state index in [1.54, 1.807) is 11.3 Å². The van der Waals surface area contributed by atoms with Crippen molar-refractivity contribution in [3.05, 3.63) is 40.1 Å². The summed E-state index contributed by atoms with van der Waals surface area (Å²) < 4.78 is 12.3. The summed E-state index contributed by atoms with van der Waals surface area (Å²) in [5, 5.41) is 0. The molecule has 0 atom stereocenters. The van der Waals surface area contributed by atoms with E-state index in [1.807, 2.05) is 0 Å². The minimum Gasteiger partial charge on any atom is -0.378 e. The van der Waals surface area contributed by atoms with Crippen LogP contribution < -0.4 is 15.2 Å². The maximum Gasteiger partial charge on any atom is 0.206 e. The number of hydrogen-bond donors (Lipinski definition) is 0. The van der Waals surface area contributed by atoms with Gasteiger partial charge in [-0.25, -0.2) is 4.98 Å². The molecule has 3 heterocycles. The van der Waals surface area contributed by atoms with E-state index in [0.717, 1.165) is 97.1 Å². The van der Waals surface area contributed by atoms with E-state index in [1.165, 1.54) is 5.69 Å². The first-order chi connectivity index (χ1) is 18.2. The molecule has 0 amide bonds. The van der Waals surface area contributed by atoms with Crippen molar-refractivity contribution >= 4 is 46.4 Å². The number of aryl methyl sites for hydroxylation is 1. The van der Waals surface area contributed by atoms with Crippen LogP contribution in [0.1, 0.15) is 59.4 Å². The Hall–Kier alpha value is -1.87. The molecule has 3 aliphatic heterocycles. The summed E-state index contributed by atoms with van der Waals surface area (Å²) in [6.07, 6.45) is 4.07. The van der Waals surface area contributed by atoms with Crippen molar-refractivity contribution in [1.29, 1.82) is 0 Å². The maximum absolute atomic E-state index is 14.1. The van der Waals surface area contributed by atoms with Crippen LogP contribution in [0.15, 0.2) is 29.1 Å². The fourth-order valence-electron chi connectivity index (χ4n) is 6.03. The topological polar surface area (TPSA) is 54.9 Å². The predicted octanol–water partition coefficient (Wildman–Crippen LogP) is 6.33. The average Bonchev–Trinajstić information content (AvgIpc) is 2.91. The van der Waals surface area contributed by atoms with Gasteiger partial charge in [0.2, 0.25) is 5.43 Å². The Labute approximate surface area is 244 Å². The molecule has 1 aromatic rings. The highest BCUT2D eigenvalue weighted by Gasteiger charge is 2.29. The fourth-order valence-corrected chi connectivity index (χ4v) is 7.18. The molecule has 214 valence electrons. The standard InChI is InChI=1S/C31H43N3O3S.H2S/c1-6-30(2,3)21-31(4,5)10-9-22-19-25-29(27(28(22)35)34-13-17-37-18-14-34)38-26-20-23(7-8-24(26)32-25)33-11-15-36-16-12-33;/h7-8,19-20H,6,9-18,21H2,1-5H3;1H2. The van der Waals surface area contributed by atoms with Crippen LogP contribution in [0.4, 0.5) is 11.4 Å². The average molecular weight is 572 g/mol. The predicted molar refractivity (Wildman–Crippen MR) is 170 cm³/mol. The zero-order valence-corrected chi connectivity index (χ0v) is 26.1. The van der Waals surface area contributed by atoms with E-state index >= 15 is 0 Å². The molecule has 0 bridgehead atoms. The van der Waals surface area contributed by atoms with Gasteiger partial charge in [0, 0.05) is 37.4 Å². The first-order valence-corrected chi connectivity index (χ1v) is 15.0. The summed E-state index contributed by atoms with van der Waals surface area (Å²) >= 11 is 1.70. The van der Waals surface area contributed by atoms with Crippen molar-refractivity contribution < 1.29 is 9.47 Å². The summed E-state index contributed by atoms with van der Waals surface area (Å²) in [6, 6.07) is 8.61.